The molecule has 1 aromatic heterocycles. The van der Waals surface area contributed by atoms with Crippen molar-refractivity contribution in [3.8, 4) is 0 Å². The minimum atomic E-state index is 0.0907. The number of anilines is 1. The van der Waals surface area contributed by atoms with E-state index in [4.69, 9.17) is 4.74 Å². The van der Waals surface area contributed by atoms with Gasteiger partial charge in [0.2, 0.25) is 0 Å². The number of hydrogen-bond acceptors (Lipinski definition) is 4. The van der Waals surface area contributed by atoms with Crippen LogP contribution in [0.15, 0.2) is 54.6 Å². The van der Waals surface area contributed by atoms with E-state index < -0.39 is 0 Å². The molecule has 0 spiro atoms. The Bertz CT molecular complexity index is 1150. The van der Waals surface area contributed by atoms with E-state index in [9.17, 15) is 4.79 Å². The van der Waals surface area contributed by atoms with Crippen molar-refractivity contribution >= 4 is 11.6 Å². The maximum absolute atomic E-state index is 14.3. The summed E-state index contributed by atoms with van der Waals surface area (Å²) in [5.74, 6) is 0.0907. The molecule has 6 nitrogen and oxygen atoms in total. The van der Waals surface area contributed by atoms with Crippen molar-refractivity contribution in [3.63, 3.8) is 0 Å². The Kier molecular flexibility index (Phi) is 8.49. The molecule has 1 aliphatic heterocycles. The summed E-state index contributed by atoms with van der Waals surface area (Å²) < 4.78 is 7.86. The second-order valence-corrected chi connectivity index (χ2v) is 10.1. The molecule has 0 saturated carbocycles. The molecule has 0 unspecified atom stereocenters. The van der Waals surface area contributed by atoms with Gasteiger partial charge in [0, 0.05) is 50.5 Å². The zero-order valence-electron chi connectivity index (χ0n) is 22.5. The minimum Gasteiger partial charge on any atom is -0.378 e. The van der Waals surface area contributed by atoms with E-state index in [2.05, 4.69) is 85.6 Å². The van der Waals surface area contributed by atoms with Gasteiger partial charge in [0.15, 0.2) is 0 Å². The van der Waals surface area contributed by atoms with Gasteiger partial charge in [-0.25, -0.2) is 0 Å². The fourth-order valence-electron chi connectivity index (χ4n) is 5.01. The Hall–Kier alpha value is -3.09. The van der Waals surface area contributed by atoms with Crippen molar-refractivity contribution in [2.45, 2.75) is 33.9 Å². The second-order valence-electron chi connectivity index (χ2n) is 10.1. The van der Waals surface area contributed by atoms with Crippen LogP contribution in [0.4, 0.5) is 5.69 Å². The average Bonchev–Trinajstić information content (AvgIpc) is 3.12. The van der Waals surface area contributed by atoms with E-state index in [0.29, 0.717) is 32.8 Å². The lowest BCUT2D eigenvalue weighted by atomic mass is 10.1. The maximum Gasteiger partial charge on any atom is 0.271 e. The highest BCUT2D eigenvalue weighted by atomic mass is 16.5. The summed E-state index contributed by atoms with van der Waals surface area (Å²) in [7, 11) is 4.11. The zero-order chi connectivity index (χ0) is 25.7. The van der Waals surface area contributed by atoms with Crippen molar-refractivity contribution in [1.29, 1.82) is 0 Å². The lowest BCUT2D eigenvalue weighted by molar-refractivity contribution is 0.0720. The molecule has 6 heteroatoms. The average molecular weight is 489 g/mol. The maximum atomic E-state index is 14.3. The number of likely N-dealkylation sites (N-methyl/N-ethyl adjacent to an activating group) is 1. The molecule has 2 heterocycles. The lowest BCUT2D eigenvalue weighted by Crippen LogP contribution is -2.38. The number of aryl methyl sites for hydroxylation is 1. The van der Waals surface area contributed by atoms with Gasteiger partial charge in [0.05, 0.1) is 18.9 Å². The molecule has 3 aromatic rings. The van der Waals surface area contributed by atoms with Gasteiger partial charge >= 0.3 is 0 Å². The number of amides is 1. The smallest absolute Gasteiger partial charge is 0.271 e. The second kappa shape index (κ2) is 11.8. The molecule has 0 N–H and O–H groups in total. The summed E-state index contributed by atoms with van der Waals surface area (Å²) in [6, 6.07) is 18.9. The van der Waals surface area contributed by atoms with Crippen LogP contribution in [0.5, 0.6) is 0 Å². The normalized spacial score (nSPS) is 13.9. The van der Waals surface area contributed by atoms with Gasteiger partial charge in [-0.3, -0.25) is 4.79 Å². The van der Waals surface area contributed by atoms with Gasteiger partial charge in [0.25, 0.3) is 5.91 Å². The molecular formula is C30H40N4O2. The number of hydrogen-bond donors (Lipinski definition) is 0. The predicted molar refractivity (Wildman–Crippen MR) is 147 cm³/mol. The highest BCUT2D eigenvalue weighted by molar-refractivity contribution is 5.96. The first-order valence-corrected chi connectivity index (χ1v) is 12.9. The van der Waals surface area contributed by atoms with E-state index in [-0.39, 0.29) is 5.91 Å². The van der Waals surface area contributed by atoms with Crippen molar-refractivity contribution in [3.05, 3.63) is 88.2 Å². The number of carbonyl (C=O) groups excluding carboxylic acids is 1. The summed E-state index contributed by atoms with van der Waals surface area (Å²) in [5, 5.41) is 0. The van der Waals surface area contributed by atoms with Gasteiger partial charge in [0.1, 0.15) is 5.69 Å². The molecule has 2 aromatic carbocycles. The van der Waals surface area contributed by atoms with E-state index in [1.165, 1.54) is 16.8 Å². The van der Waals surface area contributed by atoms with Crippen molar-refractivity contribution < 1.29 is 9.53 Å². The first kappa shape index (κ1) is 26.0. The topological polar surface area (TPSA) is 41.0 Å². The first-order chi connectivity index (χ1) is 17.3. The minimum absolute atomic E-state index is 0.0907. The summed E-state index contributed by atoms with van der Waals surface area (Å²) in [6.07, 6.45) is 0. The number of morpholine rings is 1. The van der Waals surface area contributed by atoms with Crippen molar-refractivity contribution in [1.82, 2.24) is 14.4 Å². The number of ether oxygens (including phenoxy) is 1. The molecule has 4 rings (SSSR count). The monoisotopic (exact) mass is 488 g/mol. The van der Waals surface area contributed by atoms with Crippen LogP contribution in [0.25, 0.3) is 0 Å². The molecule has 1 saturated heterocycles. The van der Waals surface area contributed by atoms with Gasteiger partial charge < -0.3 is 24.0 Å². The molecule has 0 radical (unpaired) electrons. The van der Waals surface area contributed by atoms with Crippen LogP contribution in [-0.4, -0.2) is 73.8 Å². The van der Waals surface area contributed by atoms with Crippen LogP contribution in [0.2, 0.25) is 0 Å². The number of nitrogens with zero attached hydrogens (tertiary/aromatic N) is 4. The Morgan fingerprint density at radius 2 is 1.56 bits per heavy atom. The third kappa shape index (κ3) is 6.00. The fraction of sp³-hybridized carbons (Fsp3) is 0.433. The van der Waals surface area contributed by atoms with Crippen LogP contribution in [0.3, 0.4) is 0 Å². The van der Waals surface area contributed by atoms with Crippen LogP contribution < -0.4 is 4.90 Å². The molecule has 1 aliphatic rings. The Balaban J connectivity index is 1.76. The van der Waals surface area contributed by atoms with E-state index in [1.54, 1.807) is 0 Å². The van der Waals surface area contributed by atoms with E-state index in [1.807, 2.05) is 23.1 Å². The summed E-state index contributed by atoms with van der Waals surface area (Å²) in [5.41, 5.74) is 7.76. The SMILES string of the molecule is Cc1ccc(Cn2c(C)c(N3CCOCC3)c(C)c2C(=O)N(CCN(C)C)Cc2ccccc2)cc1. The van der Waals surface area contributed by atoms with Crippen LogP contribution in [0.1, 0.15) is 38.4 Å². The number of carbonyl (C=O) groups is 1. The Morgan fingerprint density at radius 3 is 2.19 bits per heavy atom. The Labute approximate surface area is 216 Å². The largest absolute Gasteiger partial charge is 0.378 e. The molecule has 192 valence electrons. The zero-order valence-corrected chi connectivity index (χ0v) is 22.5. The highest BCUT2D eigenvalue weighted by Crippen LogP contribution is 2.33. The van der Waals surface area contributed by atoms with Crippen LogP contribution in [0, 0.1) is 20.8 Å². The highest BCUT2D eigenvalue weighted by Gasteiger charge is 2.29. The third-order valence-electron chi connectivity index (χ3n) is 7.04. The quantitative estimate of drug-likeness (QED) is 0.445. The molecule has 0 aliphatic carbocycles. The number of rotatable bonds is 9. The van der Waals surface area contributed by atoms with Gasteiger partial charge in [-0.05, 0) is 46.0 Å². The van der Waals surface area contributed by atoms with Gasteiger partial charge in [-0.2, -0.15) is 0 Å². The van der Waals surface area contributed by atoms with Gasteiger partial charge in [-0.15, -0.1) is 0 Å². The summed E-state index contributed by atoms with van der Waals surface area (Å²) in [4.78, 5) is 20.9. The predicted octanol–water partition coefficient (Wildman–Crippen LogP) is 4.50. The molecular weight excluding hydrogens is 448 g/mol. The van der Waals surface area contributed by atoms with Crippen LogP contribution in [-0.2, 0) is 17.8 Å². The standard InChI is InChI=1S/C30H40N4O2/c1-23-11-13-27(14-12-23)22-34-25(3)28(32-17-19-36-20-18-32)24(2)29(34)30(35)33(16-15-31(4)5)21-26-9-7-6-8-10-26/h6-14H,15-22H2,1-5H3. The third-order valence-corrected chi connectivity index (χ3v) is 7.04. The molecule has 1 fully saturated rings. The van der Waals surface area contributed by atoms with Crippen molar-refractivity contribution in [2.75, 3.05) is 58.4 Å². The lowest BCUT2D eigenvalue weighted by Gasteiger charge is -2.29. The first-order valence-electron chi connectivity index (χ1n) is 12.9. The van der Waals surface area contributed by atoms with Crippen LogP contribution >= 0.6 is 0 Å². The molecule has 0 atom stereocenters. The summed E-state index contributed by atoms with van der Waals surface area (Å²) >= 11 is 0. The molecule has 0 bridgehead atoms. The van der Waals surface area contributed by atoms with Crippen molar-refractivity contribution in [2.24, 2.45) is 0 Å². The molecule has 36 heavy (non-hydrogen) atoms. The Morgan fingerprint density at radius 1 is 0.889 bits per heavy atom. The number of aromatic nitrogens is 1. The van der Waals surface area contributed by atoms with E-state index >= 15 is 0 Å². The fourth-order valence-corrected chi connectivity index (χ4v) is 5.01. The number of benzene rings is 2. The van der Waals surface area contributed by atoms with Gasteiger partial charge in [-0.1, -0.05) is 60.2 Å². The van der Waals surface area contributed by atoms with E-state index in [0.717, 1.165) is 42.1 Å². The summed E-state index contributed by atoms with van der Waals surface area (Å²) in [6.45, 7) is 12.2. The molecule has 1 amide bonds.